The minimum atomic E-state index is -4.48. The number of methoxy groups -OCH3 is 1. The SMILES string of the molecule is COC1CCCC1Nc1nc(C(F)(F)F)ns1. The van der Waals surface area contributed by atoms with Crippen LogP contribution in [-0.4, -0.2) is 28.6 Å². The Morgan fingerprint density at radius 1 is 1.41 bits per heavy atom. The lowest BCUT2D eigenvalue weighted by Gasteiger charge is -2.18. The molecular weight excluding hydrogens is 255 g/mol. The predicted octanol–water partition coefficient (Wildman–Crippen LogP) is 2.54. The molecule has 8 heteroatoms. The number of nitrogens with zero attached hydrogens (tertiary/aromatic N) is 2. The molecule has 1 saturated carbocycles. The Hall–Kier alpha value is -0.890. The summed E-state index contributed by atoms with van der Waals surface area (Å²) in [6.45, 7) is 0. The lowest BCUT2D eigenvalue weighted by atomic mass is 10.2. The Balaban J connectivity index is 2.02. The number of nitrogens with one attached hydrogen (secondary N) is 1. The van der Waals surface area contributed by atoms with Crippen LogP contribution < -0.4 is 5.32 Å². The standard InChI is InChI=1S/C9H12F3N3OS/c1-16-6-4-2-3-5(6)13-8-14-7(15-17-8)9(10,11)12/h5-6H,2-4H2,1H3,(H,13,14,15). The van der Waals surface area contributed by atoms with E-state index >= 15 is 0 Å². The van der Waals surface area contributed by atoms with Crippen molar-refractivity contribution in [2.45, 2.75) is 37.6 Å². The largest absolute Gasteiger partial charge is 0.452 e. The molecule has 17 heavy (non-hydrogen) atoms. The van der Waals surface area contributed by atoms with Gasteiger partial charge >= 0.3 is 6.18 Å². The van der Waals surface area contributed by atoms with E-state index < -0.39 is 12.0 Å². The Kier molecular flexibility index (Phi) is 3.53. The van der Waals surface area contributed by atoms with E-state index in [1.165, 1.54) is 0 Å². The first-order valence-corrected chi connectivity index (χ1v) is 5.98. The van der Waals surface area contributed by atoms with Gasteiger partial charge in [0.1, 0.15) is 0 Å². The molecular formula is C9H12F3N3OS. The van der Waals surface area contributed by atoms with Crippen molar-refractivity contribution < 1.29 is 17.9 Å². The molecule has 2 atom stereocenters. The van der Waals surface area contributed by atoms with Gasteiger partial charge in [-0.2, -0.15) is 22.5 Å². The van der Waals surface area contributed by atoms with Gasteiger partial charge in [0.2, 0.25) is 11.0 Å². The maximum Gasteiger partial charge on any atom is 0.452 e. The van der Waals surface area contributed by atoms with Crippen molar-refractivity contribution in [3.05, 3.63) is 5.82 Å². The van der Waals surface area contributed by atoms with Crippen molar-refractivity contribution in [2.75, 3.05) is 12.4 Å². The van der Waals surface area contributed by atoms with E-state index in [0.717, 1.165) is 30.8 Å². The van der Waals surface area contributed by atoms with Crippen LogP contribution in [0.1, 0.15) is 25.1 Å². The van der Waals surface area contributed by atoms with E-state index in [4.69, 9.17) is 4.74 Å². The van der Waals surface area contributed by atoms with Gasteiger partial charge < -0.3 is 10.1 Å². The summed E-state index contributed by atoms with van der Waals surface area (Å²) in [6.07, 6.45) is -1.65. The first-order valence-electron chi connectivity index (χ1n) is 5.21. The van der Waals surface area contributed by atoms with E-state index in [0.29, 0.717) is 0 Å². The number of ether oxygens (including phenoxy) is 1. The minimum Gasteiger partial charge on any atom is -0.379 e. The maximum absolute atomic E-state index is 12.3. The van der Waals surface area contributed by atoms with Crippen LogP contribution in [0.15, 0.2) is 0 Å². The first-order chi connectivity index (χ1) is 8.00. The topological polar surface area (TPSA) is 47.0 Å². The molecule has 96 valence electrons. The molecule has 1 N–H and O–H groups in total. The molecule has 0 aromatic carbocycles. The van der Waals surface area contributed by atoms with E-state index in [2.05, 4.69) is 14.7 Å². The molecule has 1 aromatic rings. The molecule has 0 radical (unpaired) electrons. The second-order valence-electron chi connectivity index (χ2n) is 3.88. The van der Waals surface area contributed by atoms with Gasteiger partial charge in [-0.15, -0.1) is 0 Å². The zero-order valence-electron chi connectivity index (χ0n) is 9.12. The molecule has 0 spiro atoms. The third-order valence-corrected chi connectivity index (χ3v) is 3.39. The number of alkyl halides is 3. The van der Waals surface area contributed by atoms with Crippen LogP contribution in [0, 0.1) is 0 Å². The van der Waals surface area contributed by atoms with Crippen molar-refractivity contribution in [3.63, 3.8) is 0 Å². The first kappa shape index (κ1) is 12.6. The normalized spacial score (nSPS) is 25.2. The summed E-state index contributed by atoms with van der Waals surface area (Å²) < 4.78 is 45.4. The highest BCUT2D eigenvalue weighted by Gasteiger charge is 2.36. The Bertz CT molecular complexity index is 382. The minimum absolute atomic E-state index is 0.0223. The van der Waals surface area contributed by atoms with Crippen LogP contribution in [0.2, 0.25) is 0 Å². The summed E-state index contributed by atoms with van der Waals surface area (Å²) in [7, 11) is 1.60. The number of anilines is 1. The van der Waals surface area contributed by atoms with Gasteiger partial charge in [0.25, 0.3) is 0 Å². The average molecular weight is 267 g/mol. The summed E-state index contributed by atoms with van der Waals surface area (Å²) in [5.41, 5.74) is 0. The quantitative estimate of drug-likeness (QED) is 0.914. The predicted molar refractivity (Wildman–Crippen MR) is 57.0 cm³/mol. The summed E-state index contributed by atoms with van der Waals surface area (Å²) in [4.78, 5) is 3.43. The van der Waals surface area contributed by atoms with Gasteiger partial charge in [-0.3, -0.25) is 0 Å². The molecule has 1 aliphatic rings. The van der Waals surface area contributed by atoms with Crippen molar-refractivity contribution in [2.24, 2.45) is 0 Å². The Morgan fingerprint density at radius 3 is 2.76 bits per heavy atom. The smallest absolute Gasteiger partial charge is 0.379 e. The lowest BCUT2D eigenvalue weighted by molar-refractivity contribution is -0.144. The molecule has 1 fully saturated rings. The van der Waals surface area contributed by atoms with Crippen LogP contribution in [0.4, 0.5) is 18.3 Å². The van der Waals surface area contributed by atoms with Crippen LogP contribution in [-0.2, 0) is 10.9 Å². The number of halogens is 3. The lowest BCUT2D eigenvalue weighted by Crippen LogP contribution is -2.29. The third-order valence-electron chi connectivity index (χ3n) is 2.74. The van der Waals surface area contributed by atoms with Crippen molar-refractivity contribution in [1.82, 2.24) is 9.36 Å². The van der Waals surface area contributed by atoms with Crippen LogP contribution in [0.5, 0.6) is 0 Å². The second-order valence-corrected chi connectivity index (χ2v) is 4.63. The number of hydrogen-bond acceptors (Lipinski definition) is 5. The van der Waals surface area contributed by atoms with E-state index in [-0.39, 0.29) is 17.3 Å². The summed E-state index contributed by atoms with van der Waals surface area (Å²) in [6, 6.07) is 0.0223. The summed E-state index contributed by atoms with van der Waals surface area (Å²) in [5, 5.41) is 3.15. The Labute approximate surface area is 100 Å². The van der Waals surface area contributed by atoms with Crippen molar-refractivity contribution in [1.29, 1.82) is 0 Å². The van der Waals surface area contributed by atoms with Gasteiger partial charge in [0.05, 0.1) is 12.1 Å². The molecule has 1 aromatic heterocycles. The van der Waals surface area contributed by atoms with Gasteiger partial charge in [-0.25, -0.2) is 0 Å². The fraction of sp³-hybridized carbons (Fsp3) is 0.778. The highest BCUT2D eigenvalue weighted by atomic mass is 32.1. The third kappa shape index (κ3) is 2.86. The zero-order valence-corrected chi connectivity index (χ0v) is 9.94. The second kappa shape index (κ2) is 4.77. The van der Waals surface area contributed by atoms with Gasteiger partial charge in [0.15, 0.2) is 0 Å². The Morgan fingerprint density at radius 2 is 2.18 bits per heavy atom. The van der Waals surface area contributed by atoms with Crippen molar-refractivity contribution >= 4 is 16.7 Å². The zero-order chi connectivity index (χ0) is 12.5. The molecule has 4 nitrogen and oxygen atoms in total. The fourth-order valence-corrected chi connectivity index (χ4v) is 2.58. The number of rotatable bonds is 3. The monoisotopic (exact) mass is 267 g/mol. The summed E-state index contributed by atoms with van der Waals surface area (Å²) in [5.74, 6) is -1.09. The molecule has 2 unspecified atom stereocenters. The van der Waals surface area contributed by atoms with E-state index in [1.807, 2.05) is 0 Å². The van der Waals surface area contributed by atoms with Gasteiger partial charge in [-0.05, 0) is 19.3 Å². The van der Waals surface area contributed by atoms with Gasteiger partial charge in [0, 0.05) is 18.6 Å². The van der Waals surface area contributed by atoms with Crippen LogP contribution in [0.25, 0.3) is 0 Å². The fourth-order valence-electron chi connectivity index (χ4n) is 1.93. The van der Waals surface area contributed by atoms with E-state index in [1.54, 1.807) is 7.11 Å². The van der Waals surface area contributed by atoms with E-state index in [9.17, 15) is 13.2 Å². The molecule has 0 bridgehead atoms. The molecule has 1 aliphatic carbocycles. The van der Waals surface area contributed by atoms with Gasteiger partial charge in [-0.1, -0.05) is 0 Å². The van der Waals surface area contributed by atoms with Crippen LogP contribution >= 0.6 is 11.5 Å². The number of hydrogen-bond donors (Lipinski definition) is 1. The maximum atomic E-state index is 12.3. The molecule has 0 saturated heterocycles. The van der Waals surface area contributed by atoms with Crippen molar-refractivity contribution in [3.8, 4) is 0 Å². The van der Waals surface area contributed by atoms with Crippen LogP contribution in [0.3, 0.4) is 0 Å². The average Bonchev–Trinajstić information content (AvgIpc) is 2.86. The molecule has 0 amide bonds. The molecule has 0 aliphatic heterocycles. The molecule has 2 rings (SSSR count). The highest BCUT2D eigenvalue weighted by Crippen LogP contribution is 2.30. The summed E-state index contributed by atoms with van der Waals surface area (Å²) >= 11 is 0.728. The molecule has 1 heterocycles. The highest BCUT2D eigenvalue weighted by molar-refractivity contribution is 7.09. The number of aromatic nitrogens is 2.